The van der Waals surface area contributed by atoms with Gasteiger partial charge >= 0.3 is 0 Å². The molecule has 0 bridgehead atoms. The summed E-state index contributed by atoms with van der Waals surface area (Å²) in [5, 5.41) is 2.78. The maximum atomic E-state index is 13.1. The molecule has 0 unspecified atom stereocenters. The summed E-state index contributed by atoms with van der Waals surface area (Å²) in [6, 6.07) is 11.9. The molecule has 25 heavy (non-hydrogen) atoms. The molecule has 0 aliphatic rings. The number of benzene rings is 1. The molecule has 3 rings (SSSR count). The number of halogens is 1. The van der Waals surface area contributed by atoms with E-state index in [1.54, 1.807) is 40.9 Å². The third-order valence-corrected chi connectivity index (χ3v) is 3.84. The fourth-order valence-corrected chi connectivity index (χ4v) is 2.55. The molecule has 1 amide bonds. The minimum absolute atomic E-state index is 0.0434. The van der Waals surface area contributed by atoms with E-state index >= 15 is 0 Å². The van der Waals surface area contributed by atoms with Crippen LogP contribution in [0.1, 0.15) is 28.9 Å². The molecule has 0 aliphatic carbocycles. The SMILES string of the molecule is O=C(CCC(=O)c1ccccc1)NCCc1cn2cc(F)ccc2n1. The molecule has 0 saturated carbocycles. The zero-order valence-electron chi connectivity index (χ0n) is 13.6. The lowest BCUT2D eigenvalue weighted by atomic mass is 10.1. The molecule has 6 heteroatoms. The molecule has 2 heterocycles. The molecule has 128 valence electrons. The van der Waals surface area contributed by atoms with Gasteiger partial charge in [0.25, 0.3) is 0 Å². The van der Waals surface area contributed by atoms with E-state index in [0.29, 0.717) is 24.2 Å². The lowest BCUT2D eigenvalue weighted by molar-refractivity contribution is -0.121. The molecule has 1 aromatic carbocycles. The van der Waals surface area contributed by atoms with Crippen molar-refractivity contribution in [1.82, 2.24) is 14.7 Å². The van der Waals surface area contributed by atoms with Crippen molar-refractivity contribution < 1.29 is 14.0 Å². The van der Waals surface area contributed by atoms with Gasteiger partial charge in [0.05, 0.1) is 5.69 Å². The second-order valence-electron chi connectivity index (χ2n) is 5.73. The smallest absolute Gasteiger partial charge is 0.220 e. The molecule has 0 atom stereocenters. The van der Waals surface area contributed by atoms with Crippen LogP contribution in [0.2, 0.25) is 0 Å². The second-order valence-corrected chi connectivity index (χ2v) is 5.73. The Morgan fingerprint density at radius 3 is 2.64 bits per heavy atom. The zero-order valence-corrected chi connectivity index (χ0v) is 13.6. The number of imidazole rings is 1. The molecule has 0 radical (unpaired) electrons. The van der Waals surface area contributed by atoms with E-state index < -0.39 is 0 Å². The van der Waals surface area contributed by atoms with Crippen LogP contribution in [0.5, 0.6) is 0 Å². The number of amides is 1. The van der Waals surface area contributed by atoms with Crippen molar-refractivity contribution in [3.05, 3.63) is 71.9 Å². The highest BCUT2D eigenvalue weighted by molar-refractivity contribution is 5.97. The summed E-state index contributed by atoms with van der Waals surface area (Å²) >= 11 is 0. The van der Waals surface area contributed by atoms with Gasteiger partial charge in [-0.2, -0.15) is 0 Å². The van der Waals surface area contributed by atoms with Crippen molar-refractivity contribution in [3.63, 3.8) is 0 Å². The van der Waals surface area contributed by atoms with E-state index in [4.69, 9.17) is 0 Å². The Morgan fingerprint density at radius 2 is 1.84 bits per heavy atom. The van der Waals surface area contributed by atoms with E-state index in [1.165, 1.54) is 12.3 Å². The number of Topliss-reactive ketones (excluding diaryl/α,β-unsaturated/α-hetero) is 1. The van der Waals surface area contributed by atoms with Gasteiger partial charge in [0.15, 0.2) is 5.78 Å². The molecule has 0 aliphatic heterocycles. The largest absolute Gasteiger partial charge is 0.356 e. The molecule has 2 aromatic heterocycles. The van der Waals surface area contributed by atoms with Crippen LogP contribution < -0.4 is 5.32 Å². The van der Waals surface area contributed by atoms with Crippen LogP contribution in [0, 0.1) is 5.82 Å². The van der Waals surface area contributed by atoms with Crippen molar-refractivity contribution in [2.24, 2.45) is 0 Å². The second kappa shape index (κ2) is 7.70. The standard InChI is InChI=1S/C19H18FN3O2/c20-15-6-8-18-22-16(13-23(18)12-15)10-11-21-19(25)9-7-17(24)14-4-2-1-3-5-14/h1-6,8,12-13H,7,9-11H2,(H,21,25). The van der Waals surface area contributed by atoms with E-state index in [1.807, 2.05) is 6.07 Å². The lowest BCUT2D eigenvalue weighted by Crippen LogP contribution is -2.26. The molecular formula is C19H18FN3O2. The molecule has 0 spiro atoms. The first-order valence-electron chi connectivity index (χ1n) is 8.10. The predicted octanol–water partition coefficient (Wildman–Crippen LogP) is 2.80. The average molecular weight is 339 g/mol. The number of pyridine rings is 1. The van der Waals surface area contributed by atoms with Gasteiger partial charge in [-0.25, -0.2) is 9.37 Å². The van der Waals surface area contributed by atoms with Crippen LogP contribution in [0.4, 0.5) is 4.39 Å². The summed E-state index contributed by atoms with van der Waals surface area (Å²) in [6.45, 7) is 0.421. The summed E-state index contributed by atoms with van der Waals surface area (Å²) < 4.78 is 14.8. The summed E-state index contributed by atoms with van der Waals surface area (Å²) in [5.41, 5.74) is 2.05. The van der Waals surface area contributed by atoms with E-state index in [0.717, 1.165) is 5.69 Å². The van der Waals surface area contributed by atoms with E-state index in [9.17, 15) is 14.0 Å². The average Bonchev–Trinajstić information content (AvgIpc) is 3.02. The van der Waals surface area contributed by atoms with Gasteiger partial charge in [0, 0.05) is 43.8 Å². The number of carbonyl (C=O) groups excluding carboxylic acids is 2. The minimum atomic E-state index is -0.326. The van der Waals surface area contributed by atoms with Gasteiger partial charge in [-0.15, -0.1) is 0 Å². The van der Waals surface area contributed by atoms with E-state index in [2.05, 4.69) is 10.3 Å². The Hall–Kier alpha value is -3.02. The molecule has 5 nitrogen and oxygen atoms in total. The molecule has 1 N–H and O–H groups in total. The van der Waals surface area contributed by atoms with E-state index in [-0.39, 0.29) is 30.3 Å². The third kappa shape index (κ3) is 4.50. The summed E-state index contributed by atoms with van der Waals surface area (Å²) in [6.07, 6.45) is 3.98. The highest BCUT2D eigenvalue weighted by Gasteiger charge is 2.09. The Morgan fingerprint density at radius 1 is 1.04 bits per heavy atom. The first-order valence-corrected chi connectivity index (χ1v) is 8.10. The number of aromatic nitrogens is 2. The fourth-order valence-electron chi connectivity index (χ4n) is 2.55. The van der Waals surface area contributed by atoms with Gasteiger partial charge in [0.1, 0.15) is 11.5 Å². The van der Waals surface area contributed by atoms with Crippen molar-refractivity contribution in [1.29, 1.82) is 0 Å². The van der Waals surface area contributed by atoms with Crippen molar-refractivity contribution in [2.75, 3.05) is 6.54 Å². The predicted molar refractivity (Wildman–Crippen MR) is 91.9 cm³/mol. The Kier molecular flexibility index (Phi) is 5.18. The highest BCUT2D eigenvalue weighted by Crippen LogP contribution is 2.08. The molecule has 3 aromatic rings. The van der Waals surface area contributed by atoms with Crippen LogP contribution in [-0.4, -0.2) is 27.6 Å². The summed E-state index contributed by atoms with van der Waals surface area (Å²) in [7, 11) is 0. The minimum Gasteiger partial charge on any atom is -0.356 e. The lowest BCUT2D eigenvalue weighted by Gasteiger charge is -2.04. The first-order chi connectivity index (χ1) is 12.1. The van der Waals surface area contributed by atoms with Gasteiger partial charge in [0.2, 0.25) is 5.91 Å². The maximum Gasteiger partial charge on any atom is 0.220 e. The molecule has 0 saturated heterocycles. The number of nitrogens with zero attached hydrogens (tertiary/aromatic N) is 2. The Balaban J connectivity index is 1.43. The van der Waals surface area contributed by atoms with Crippen LogP contribution in [0.15, 0.2) is 54.9 Å². The van der Waals surface area contributed by atoms with Crippen LogP contribution in [0.3, 0.4) is 0 Å². The highest BCUT2D eigenvalue weighted by atomic mass is 19.1. The summed E-state index contributed by atoms with van der Waals surface area (Å²) in [5.74, 6) is -0.537. The number of fused-ring (bicyclic) bond motifs is 1. The summed E-state index contributed by atoms with van der Waals surface area (Å²) in [4.78, 5) is 28.2. The van der Waals surface area contributed by atoms with Crippen LogP contribution in [-0.2, 0) is 11.2 Å². The molecular weight excluding hydrogens is 321 g/mol. The van der Waals surface area contributed by atoms with Crippen molar-refractivity contribution in [2.45, 2.75) is 19.3 Å². The van der Waals surface area contributed by atoms with Gasteiger partial charge in [-0.05, 0) is 12.1 Å². The van der Waals surface area contributed by atoms with Gasteiger partial charge < -0.3 is 9.72 Å². The molecule has 0 fully saturated rings. The first kappa shape index (κ1) is 16.8. The topological polar surface area (TPSA) is 63.5 Å². The third-order valence-electron chi connectivity index (χ3n) is 3.84. The van der Waals surface area contributed by atoms with Crippen LogP contribution in [0.25, 0.3) is 5.65 Å². The zero-order chi connectivity index (χ0) is 17.6. The van der Waals surface area contributed by atoms with Gasteiger partial charge in [-0.3, -0.25) is 9.59 Å². The normalized spacial score (nSPS) is 10.8. The van der Waals surface area contributed by atoms with Crippen molar-refractivity contribution >= 4 is 17.3 Å². The maximum absolute atomic E-state index is 13.1. The number of rotatable bonds is 7. The van der Waals surface area contributed by atoms with Crippen molar-refractivity contribution in [3.8, 4) is 0 Å². The number of nitrogens with one attached hydrogen (secondary N) is 1. The Labute approximate surface area is 144 Å². The quantitative estimate of drug-likeness (QED) is 0.673. The number of hydrogen-bond donors (Lipinski definition) is 1. The van der Waals surface area contributed by atoms with Crippen LogP contribution >= 0.6 is 0 Å². The Bertz CT molecular complexity index is 890. The van der Waals surface area contributed by atoms with Gasteiger partial charge in [-0.1, -0.05) is 30.3 Å². The fraction of sp³-hybridized carbons (Fsp3) is 0.211. The number of hydrogen-bond acceptors (Lipinski definition) is 3. The monoisotopic (exact) mass is 339 g/mol. The number of ketones is 1. The number of carbonyl (C=O) groups is 2.